The van der Waals surface area contributed by atoms with Crippen molar-refractivity contribution in [2.75, 3.05) is 10.6 Å². The Balaban J connectivity index is 1.69. The minimum Gasteiger partial charge on any atom is -0.478 e. The van der Waals surface area contributed by atoms with Crippen LogP contribution >= 0.6 is 0 Å². The van der Waals surface area contributed by atoms with Crippen molar-refractivity contribution < 1.29 is 19.5 Å². The lowest BCUT2D eigenvalue weighted by Crippen LogP contribution is -2.13. The molecule has 0 aliphatic rings. The van der Waals surface area contributed by atoms with Gasteiger partial charge in [0.15, 0.2) is 0 Å². The van der Waals surface area contributed by atoms with Crippen molar-refractivity contribution >= 4 is 29.2 Å². The summed E-state index contributed by atoms with van der Waals surface area (Å²) in [7, 11) is 0. The standard InChI is InChI=1S/C26H34N2O4/c1-2-3-4-5-6-7-8-9-10-14-24(29)27-22-17-15-20(16-18-22)25(30)28-23-13-11-12-21(19-23)26(31)32/h11-13,15-19H,2-10,14H2,1H3,(H,27,29)(H,28,30)(H,31,32). The molecule has 0 fully saturated rings. The molecule has 6 heteroatoms. The molecule has 0 heterocycles. The van der Waals surface area contributed by atoms with E-state index in [1.54, 1.807) is 36.4 Å². The molecule has 2 rings (SSSR count). The second-order valence-electron chi connectivity index (χ2n) is 8.04. The molecule has 0 aliphatic carbocycles. The van der Waals surface area contributed by atoms with Gasteiger partial charge < -0.3 is 15.7 Å². The van der Waals surface area contributed by atoms with Crippen LogP contribution in [0.2, 0.25) is 0 Å². The van der Waals surface area contributed by atoms with Crippen LogP contribution in [0.15, 0.2) is 48.5 Å². The summed E-state index contributed by atoms with van der Waals surface area (Å²) in [5, 5.41) is 14.6. The fourth-order valence-corrected chi connectivity index (χ4v) is 3.46. The minimum absolute atomic E-state index is 0.0179. The van der Waals surface area contributed by atoms with Crippen molar-refractivity contribution in [1.29, 1.82) is 0 Å². The highest BCUT2D eigenvalue weighted by Gasteiger charge is 2.09. The fourth-order valence-electron chi connectivity index (χ4n) is 3.46. The van der Waals surface area contributed by atoms with Gasteiger partial charge in [0, 0.05) is 23.4 Å². The van der Waals surface area contributed by atoms with Gasteiger partial charge in [-0.05, 0) is 48.9 Å². The number of anilines is 2. The van der Waals surface area contributed by atoms with Crippen molar-refractivity contribution in [3.63, 3.8) is 0 Å². The molecule has 3 N–H and O–H groups in total. The number of amides is 2. The molecule has 0 unspecified atom stereocenters. The third kappa shape index (κ3) is 9.33. The van der Waals surface area contributed by atoms with E-state index in [-0.39, 0.29) is 17.4 Å². The van der Waals surface area contributed by atoms with Gasteiger partial charge in [-0.3, -0.25) is 9.59 Å². The second kappa shape index (κ2) is 14.0. The van der Waals surface area contributed by atoms with E-state index in [2.05, 4.69) is 17.6 Å². The predicted octanol–water partition coefficient (Wildman–Crippen LogP) is 6.50. The molecule has 2 aromatic rings. The Morgan fingerprint density at radius 3 is 1.97 bits per heavy atom. The van der Waals surface area contributed by atoms with E-state index in [9.17, 15) is 14.4 Å². The van der Waals surface area contributed by atoms with Crippen LogP contribution in [0, 0.1) is 0 Å². The lowest BCUT2D eigenvalue weighted by molar-refractivity contribution is -0.116. The molecule has 2 amide bonds. The van der Waals surface area contributed by atoms with Crippen LogP contribution < -0.4 is 10.6 Å². The summed E-state index contributed by atoms with van der Waals surface area (Å²) in [6.07, 6.45) is 11.4. The van der Waals surface area contributed by atoms with Crippen molar-refractivity contribution in [3.8, 4) is 0 Å². The van der Waals surface area contributed by atoms with Crippen molar-refractivity contribution in [3.05, 3.63) is 59.7 Å². The maximum absolute atomic E-state index is 12.4. The van der Waals surface area contributed by atoms with Crippen molar-refractivity contribution in [2.24, 2.45) is 0 Å². The predicted molar refractivity (Wildman–Crippen MR) is 128 cm³/mol. The highest BCUT2D eigenvalue weighted by atomic mass is 16.4. The lowest BCUT2D eigenvalue weighted by Gasteiger charge is -2.08. The summed E-state index contributed by atoms with van der Waals surface area (Å²) >= 11 is 0. The first kappa shape index (κ1) is 25.1. The minimum atomic E-state index is -1.05. The first-order valence-electron chi connectivity index (χ1n) is 11.5. The molecule has 32 heavy (non-hydrogen) atoms. The van der Waals surface area contributed by atoms with Crippen LogP contribution in [-0.2, 0) is 4.79 Å². The van der Waals surface area contributed by atoms with E-state index in [1.807, 2.05) is 0 Å². The van der Waals surface area contributed by atoms with Crippen molar-refractivity contribution in [2.45, 2.75) is 71.1 Å². The summed E-state index contributed by atoms with van der Waals surface area (Å²) in [4.78, 5) is 35.6. The quantitative estimate of drug-likeness (QED) is 0.293. The summed E-state index contributed by atoms with van der Waals surface area (Å²) in [5.74, 6) is -1.42. The van der Waals surface area contributed by atoms with Crippen molar-refractivity contribution in [1.82, 2.24) is 0 Å². The molecule has 0 radical (unpaired) electrons. The van der Waals surface area contributed by atoms with Gasteiger partial charge in [-0.1, -0.05) is 64.4 Å². The molecular weight excluding hydrogens is 404 g/mol. The molecule has 0 aliphatic heterocycles. The number of rotatable bonds is 14. The third-order valence-corrected chi connectivity index (χ3v) is 5.31. The number of aromatic carboxylic acids is 1. The number of unbranched alkanes of at least 4 members (excludes halogenated alkanes) is 8. The number of carboxylic acids is 1. The number of hydrogen-bond acceptors (Lipinski definition) is 3. The normalized spacial score (nSPS) is 10.5. The van der Waals surface area contributed by atoms with E-state index in [1.165, 1.54) is 57.1 Å². The van der Waals surface area contributed by atoms with E-state index in [0.29, 0.717) is 23.4 Å². The Hall–Kier alpha value is -3.15. The van der Waals surface area contributed by atoms with Crippen LogP contribution in [0.1, 0.15) is 91.8 Å². The number of hydrogen-bond donors (Lipinski definition) is 3. The third-order valence-electron chi connectivity index (χ3n) is 5.31. The second-order valence-corrected chi connectivity index (χ2v) is 8.04. The molecular formula is C26H34N2O4. The van der Waals surface area contributed by atoms with Gasteiger partial charge in [-0.15, -0.1) is 0 Å². The summed E-state index contributed by atoms with van der Waals surface area (Å²) in [6.45, 7) is 2.22. The molecule has 172 valence electrons. The molecule has 0 bridgehead atoms. The van der Waals surface area contributed by atoms with E-state index >= 15 is 0 Å². The van der Waals surface area contributed by atoms with Gasteiger partial charge in [0.2, 0.25) is 5.91 Å². The summed E-state index contributed by atoms with van der Waals surface area (Å²) in [6, 6.07) is 12.7. The Morgan fingerprint density at radius 1 is 0.719 bits per heavy atom. The van der Waals surface area contributed by atoms with Crippen LogP contribution in [-0.4, -0.2) is 22.9 Å². The van der Waals surface area contributed by atoms with E-state index in [0.717, 1.165) is 12.8 Å². The Kier molecular flexibility index (Phi) is 11.0. The van der Waals surface area contributed by atoms with Gasteiger partial charge in [-0.25, -0.2) is 4.79 Å². The zero-order valence-corrected chi connectivity index (χ0v) is 18.9. The SMILES string of the molecule is CCCCCCCCCCCC(=O)Nc1ccc(C(=O)Nc2cccc(C(=O)O)c2)cc1. The van der Waals surface area contributed by atoms with Crippen LogP contribution in [0.4, 0.5) is 11.4 Å². The highest BCUT2D eigenvalue weighted by Crippen LogP contribution is 2.15. The first-order chi connectivity index (χ1) is 15.5. The fraction of sp³-hybridized carbons (Fsp3) is 0.423. The Morgan fingerprint density at radius 2 is 1.34 bits per heavy atom. The van der Waals surface area contributed by atoms with Crippen LogP contribution in [0.3, 0.4) is 0 Å². The largest absolute Gasteiger partial charge is 0.478 e. The van der Waals surface area contributed by atoms with Crippen LogP contribution in [0.5, 0.6) is 0 Å². The monoisotopic (exact) mass is 438 g/mol. The summed E-state index contributed by atoms with van der Waals surface area (Å²) < 4.78 is 0. The highest BCUT2D eigenvalue weighted by molar-refractivity contribution is 6.05. The van der Waals surface area contributed by atoms with Gasteiger partial charge in [0.1, 0.15) is 0 Å². The molecule has 0 aromatic heterocycles. The molecule has 2 aromatic carbocycles. The van der Waals surface area contributed by atoms with Crippen LogP contribution in [0.25, 0.3) is 0 Å². The number of carbonyl (C=O) groups is 3. The van der Waals surface area contributed by atoms with Gasteiger partial charge in [0.25, 0.3) is 5.91 Å². The van der Waals surface area contributed by atoms with Gasteiger partial charge in [-0.2, -0.15) is 0 Å². The molecule has 0 saturated carbocycles. The Labute approximate surface area is 190 Å². The molecule has 0 atom stereocenters. The summed E-state index contributed by atoms with van der Waals surface area (Å²) in [5.41, 5.74) is 1.58. The zero-order valence-electron chi connectivity index (χ0n) is 18.9. The van der Waals surface area contributed by atoms with Gasteiger partial charge >= 0.3 is 5.97 Å². The average Bonchev–Trinajstić information content (AvgIpc) is 2.78. The first-order valence-corrected chi connectivity index (χ1v) is 11.5. The maximum atomic E-state index is 12.4. The smallest absolute Gasteiger partial charge is 0.335 e. The topological polar surface area (TPSA) is 95.5 Å². The number of nitrogens with one attached hydrogen (secondary N) is 2. The molecule has 6 nitrogen and oxygen atoms in total. The average molecular weight is 439 g/mol. The van der Waals surface area contributed by atoms with E-state index < -0.39 is 5.97 Å². The molecule has 0 spiro atoms. The lowest BCUT2D eigenvalue weighted by atomic mass is 10.1. The number of benzene rings is 2. The van der Waals surface area contributed by atoms with E-state index in [4.69, 9.17) is 5.11 Å². The number of carboxylic acid groups (broad SMARTS) is 1. The Bertz CT molecular complexity index is 878. The van der Waals surface area contributed by atoms with Gasteiger partial charge in [0.05, 0.1) is 5.56 Å². The number of carbonyl (C=O) groups excluding carboxylic acids is 2. The maximum Gasteiger partial charge on any atom is 0.335 e. The zero-order chi connectivity index (χ0) is 23.2. The molecule has 0 saturated heterocycles.